The number of ether oxygens (including phenoxy) is 1. The molecule has 0 spiro atoms. The van der Waals surface area contributed by atoms with E-state index in [9.17, 15) is 0 Å². The van der Waals surface area contributed by atoms with Crippen molar-refractivity contribution >= 4 is 15.9 Å². The van der Waals surface area contributed by atoms with Gasteiger partial charge in [0.15, 0.2) is 0 Å². The maximum absolute atomic E-state index is 5.38. The Balaban J connectivity index is 2.25. The van der Waals surface area contributed by atoms with Gasteiger partial charge in [0.2, 0.25) is 0 Å². The Bertz CT molecular complexity index is 178. The topological polar surface area (TPSA) is 12.5 Å². The van der Waals surface area contributed by atoms with Gasteiger partial charge in [-0.1, -0.05) is 29.8 Å². The van der Waals surface area contributed by atoms with Gasteiger partial charge < -0.3 is 9.64 Å². The molecule has 0 bridgehead atoms. The molecule has 0 aromatic carbocycles. The smallest absolute Gasteiger partial charge is 0.0469 e. The zero-order chi connectivity index (χ0) is 11.3. The van der Waals surface area contributed by atoms with Gasteiger partial charge >= 0.3 is 0 Å². The maximum atomic E-state index is 5.38. The van der Waals surface area contributed by atoms with Crippen molar-refractivity contribution < 1.29 is 4.74 Å². The number of hydrogen-bond acceptors (Lipinski definition) is 2. The van der Waals surface area contributed by atoms with Gasteiger partial charge in [0.05, 0.1) is 0 Å². The van der Waals surface area contributed by atoms with Gasteiger partial charge in [-0.2, -0.15) is 0 Å². The minimum Gasteiger partial charge on any atom is -0.381 e. The highest BCUT2D eigenvalue weighted by Crippen LogP contribution is 2.21. The van der Waals surface area contributed by atoms with E-state index < -0.39 is 0 Å². The second kappa shape index (κ2) is 6.21. The molecule has 0 aliphatic carbocycles. The number of alkyl halides is 1. The van der Waals surface area contributed by atoms with Gasteiger partial charge in [-0.25, -0.2) is 0 Å². The van der Waals surface area contributed by atoms with E-state index in [2.05, 4.69) is 41.7 Å². The largest absolute Gasteiger partial charge is 0.381 e. The molecule has 0 aromatic heterocycles. The quantitative estimate of drug-likeness (QED) is 0.717. The molecule has 0 saturated carbocycles. The molecule has 3 heteroatoms. The molecule has 0 N–H and O–H groups in total. The van der Waals surface area contributed by atoms with E-state index in [0.29, 0.717) is 5.41 Å². The minimum atomic E-state index is 0.375. The minimum absolute atomic E-state index is 0.375. The lowest BCUT2D eigenvalue weighted by Crippen LogP contribution is -2.36. The normalized spacial score (nSPS) is 19.8. The average molecular weight is 278 g/mol. The van der Waals surface area contributed by atoms with Crippen molar-refractivity contribution in [2.24, 2.45) is 11.3 Å². The predicted molar refractivity (Wildman–Crippen MR) is 68.6 cm³/mol. The van der Waals surface area contributed by atoms with Crippen LogP contribution < -0.4 is 0 Å². The van der Waals surface area contributed by atoms with Crippen molar-refractivity contribution in [3.8, 4) is 0 Å². The van der Waals surface area contributed by atoms with Gasteiger partial charge in [0.1, 0.15) is 0 Å². The van der Waals surface area contributed by atoms with Crippen LogP contribution in [0.15, 0.2) is 0 Å². The van der Waals surface area contributed by atoms with E-state index >= 15 is 0 Å². The van der Waals surface area contributed by atoms with Gasteiger partial charge in [0.25, 0.3) is 0 Å². The van der Waals surface area contributed by atoms with Crippen molar-refractivity contribution in [1.82, 2.24) is 4.90 Å². The van der Waals surface area contributed by atoms with Gasteiger partial charge in [0, 0.05) is 31.6 Å². The maximum Gasteiger partial charge on any atom is 0.0469 e. The number of halogens is 1. The Kier molecular flexibility index (Phi) is 5.58. The lowest BCUT2D eigenvalue weighted by molar-refractivity contribution is 0.0523. The van der Waals surface area contributed by atoms with Crippen LogP contribution in [0, 0.1) is 11.3 Å². The molecule has 90 valence electrons. The summed E-state index contributed by atoms with van der Waals surface area (Å²) in [5, 5.41) is 1.07. The van der Waals surface area contributed by atoms with E-state index in [1.807, 2.05) is 0 Å². The highest BCUT2D eigenvalue weighted by molar-refractivity contribution is 9.09. The molecule has 15 heavy (non-hydrogen) atoms. The first kappa shape index (κ1) is 13.5. The molecule has 2 nitrogen and oxygen atoms in total. The van der Waals surface area contributed by atoms with Crippen LogP contribution >= 0.6 is 15.9 Å². The highest BCUT2D eigenvalue weighted by Gasteiger charge is 2.21. The zero-order valence-electron chi connectivity index (χ0n) is 10.3. The van der Waals surface area contributed by atoms with Gasteiger partial charge in [-0.05, 0) is 31.2 Å². The van der Waals surface area contributed by atoms with Crippen molar-refractivity contribution in [2.75, 3.05) is 38.7 Å². The van der Waals surface area contributed by atoms with E-state index in [4.69, 9.17) is 4.74 Å². The summed E-state index contributed by atoms with van der Waals surface area (Å²) in [5.74, 6) is 0.842. The summed E-state index contributed by atoms with van der Waals surface area (Å²) in [6.45, 7) is 8.92. The van der Waals surface area contributed by atoms with Gasteiger partial charge in [-0.3, -0.25) is 0 Å². The summed E-state index contributed by atoms with van der Waals surface area (Å²) in [4.78, 5) is 2.47. The first-order chi connectivity index (χ1) is 7.03. The van der Waals surface area contributed by atoms with Crippen LogP contribution in [0.2, 0.25) is 0 Å². The summed E-state index contributed by atoms with van der Waals surface area (Å²) >= 11 is 3.58. The van der Waals surface area contributed by atoms with Crippen LogP contribution in [-0.4, -0.2) is 43.6 Å². The number of nitrogens with zero attached hydrogens (tertiary/aromatic N) is 1. The monoisotopic (exact) mass is 277 g/mol. The summed E-state index contributed by atoms with van der Waals surface area (Å²) in [5.41, 5.74) is 0.375. The summed E-state index contributed by atoms with van der Waals surface area (Å²) < 4.78 is 5.38. The molecule has 1 fully saturated rings. The molecule has 1 heterocycles. The standard InChI is InChI=1S/C12H24BrNO/c1-12(2,9-13)10-14(3)8-11-4-6-15-7-5-11/h11H,4-10H2,1-3H3. The summed E-state index contributed by atoms with van der Waals surface area (Å²) in [7, 11) is 2.24. The third-order valence-electron chi connectivity index (χ3n) is 2.97. The highest BCUT2D eigenvalue weighted by atomic mass is 79.9. The van der Waals surface area contributed by atoms with Crippen LogP contribution in [0.1, 0.15) is 26.7 Å². The van der Waals surface area contributed by atoms with Crippen LogP contribution in [0.4, 0.5) is 0 Å². The number of rotatable bonds is 5. The molecule has 1 saturated heterocycles. The second-order valence-corrected chi connectivity index (χ2v) is 6.11. The van der Waals surface area contributed by atoms with Crippen molar-refractivity contribution in [3.63, 3.8) is 0 Å². The SMILES string of the molecule is CN(CC1CCOCC1)CC(C)(C)CBr. The zero-order valence-corrected chi connectivity index (χ0v) is 11.8. The fourth-order valence-corrected chi connectivity index (χ4v) is 2.38. The van der Waals surface area contributed by atoms with Crippen molar-refractivity contribution in [2.45, 2.75) is 26.7 Å². The Morgan fingerprint density at radius 3 is 2.47 bits per heavy atom. The fraction of sp³-hybridized carbons (Fsp3) is 1.00. The number of hydrogen-bond donors (Lipinski definition) is 0. The van der Waals surface area contributed by atoms with Crippen LogP contribution in [0.3, 0.4) is 0 Å². The van der Waals surface area contributed by atoms with Crippen LogP contribution in [0.25, 0.3) is 0 Å². The van der Waals surface area contributed by atoms with E-state index in [1.54, 1.807) is 0 Å². The predicted octanol–water partition coefficient (Wildman–Crippen LogP) is 2.77. The lowest BCUT2D eigenvalue weighted by Gasteiger charge is -2.32. The van der Waals surface area contributed by atoms with Crippen LogP contribution in [0.5, 0.6) is 0 Å². The molecular formula is C12H24BrNO. The Morgan fingerprint density at radius 1 is 1.33 bits per heavy atom. The second-order valence-electron chi connectivity index (χ2n) is 5.55. The molecular weight excluding hydrogens is 254 g/mol. The first-order valence-corrected chi connectivity index (χ1v) is 6.98. The molecule has 1 aliphatic rings. The van der Waals surface area contributed by atoms with Crippen LogP contribution in [-0.2, 0) is 4.74 Å². The first-order valence-electron chi connectivity index (χ1n) is 5.86. The molecule has 0 amide bonds. The summed E-state index contributed by atoms with van der Waals surface area (Å²) in [6, 6.07) is 0. The molecule has 0 radical (unpaired) electrons. The average Bonchev–Trinajstić information content (AvgIpc) is 2.18. The lowest BCUT2D eigenvalue weighted by atomic mass is 9.94. The van der Waals surface area contributed by atoms with Gasteiger partial charge in [-0.15, -0.1) is 0 Å². The van der Waals surface area contributed by atoms with Crippen molar-refractivity contribution in [1.29, 1.82) is 0 Å². The summed E-state index contributed by atoms with van der Waals surface area (Å²) in [6.07, 6.45) is 2.47. The Hall–Kier alpha value is 0.400. The van der Waals surface area contributed by atoms with E-state index in [-0.39, 0.29) is 0 Å². The van der Waals surface area contributed by atoms with E-state index in [1.165, 1.54) is 19.4 Å². The molecule has 1 aliphatic heterocycles. The molecule has 0 atom stereocenters. The third-order valence-corrected chi connectivity index (χ3v) is 4.49. The van der Waals surface area contributed by atoms with E-state index in [0.717, 1.165) is 31.0 Å². The fourth-order valence-electron chi connectivity index (χ4n) is 2.21. The van der Waals surface area contributed by atoms with Crippen molar-refractivity contribution in [3.05, 3.63) is 0 Å². The third kappa shape index (κ3) is 5.32. The Morgan fingerprint density at radius 2 is 1.93 bits per heavy atom. The molecule has 0 unspecified atom stereocenters. The molecule has 1 rings (SSSR count). The Labute approximate surface area is 102 Å². The molecule has 0 aromatic rings.